The van der Waals surface area contributed by atoms with Crippen molar-refractivity contribution in [3.8, 4) is 0 Å². The second-order valence-electron chi connectivity index (χ2n) is 3.82. The van der Waals surface area contributed by atoms with Crippen LogP contribution in [0.15, 0.2) is 42.6 Å². The van der Waals surface area contributed by atoms with Crippen molar-refractivity contribution in [3.63, 3.8) is 0 Å². The average Bonchev–Trinajstić information content (AvgIpc) is 2.42. The first-order valence-corrected chi connectivity index (χ1v) is 7.05. The molecule has 5 heteroatoms. The van der Waals surface area contributed by atoms with Gasteiger partial charge in [-0.25, -0.2) is 10.8 Å². The summed E-state index contributed by atoms with van der Waals surface area (Å²) in [5.74, 6) is 7.84. The van der Waals surface area contributed by atoms with Gasteiger partial charge < -0.3 is 5.43 Å². The number of hydrogen-bond donors (Lipinski definition) is 2. The molecule has 0 radical (unpaired) electrons. The Morgan fingerprint density at radius 3 is 2.33 bits per heavy atom. The molecule has 0 aliphatic carbocycles. The van der Waals surface area contributed by atoms with E-state index >= 15 is 0 Å². The summed E-state index contributed by atoms with van der Waals surface area (Å²) in [6, 6.07) is 11.8. The van der Waals surface area contributed by atoms with Gasteiger partial charge in [-0.1, -0.05) is 29.8 Å². The number of nitrogens with zero attached hydrogens (tertiary/aromatic N) is 1. The predicted octanol–water partition coefficient (Wildman–Crippen LogP) is 3.45. The molecule has 1 aromatic heterocycles. The molecule has 0 saturated heterocycles. The van der Waals surface area contributed by atoms with Gasteiger partial charge in [-0.05, 0) is 29.3 Å². The molecule has 0 atom stereocenters. The average molecular weight is 280 g/mol. The molecule has 1 heterocycles. The van der Waals surface area contributed by atoms with E-state index in [1.807, 2.05) is 42.2 Å². The monoisotopic (exact) mass is 279 g/mol. The second-order valence-corrected chi connectivity index (χ2v) is 5.24. The van der Waals surface area contributed by atoms with E-state index in [1.54, 1.807) is 0 Å². The Morgan fingerprint density at radius 2 is 1.72 bits per heavy atom. The van der Waals surface area contributed by atoms with E-state index in [9.17, 15) is 0 Å². The van der Waals surface area contributed by atoms with Crippen molar-refractivity contribution in [1.82, 2.24) is 4.98 Å². The highest BCUT2D eigenvalue weighted by molar-refractivity contribution is 7.97. The third-order valence-corrected chi connectivity index (χ3v) is 3.75. The first kappa shape index (κ1) is 13.2. The second kappa shape index (κ2) is 6.64. The molecular formula is C13H14ClN3S. The summed E-state index contributed by atoms with van der Waals surface area (Å²) in [6.07, 6.45) is 1.84. The molecule has 0 aliphatic heterocycles. The van der Waals surface area contributed by atoms with Gasteiger partial charge in [0.25, 0.3) is 0 Å². The van der Waals surface area contributed by atoms with E-state index in [0.29, 0.717) is 5.82 Å². The number of thioether (sulfide) groups is 1. The van der Waals surface area contributed by atoms with Crippen LogP contribution in [-0.4, -0.2) is 4.98 Å². The fourth-order valence-corrected chi connectivity index (χ4v) is 2.53. The number of benzene rings is 1. The van der Waals surface area contributed by atoms with Crippen molar-refractivity contribution in [1.29, 1.82) is 0 Å². The van der Waals surface area contributed by atoms with Crippen molar-refractivity contribution in [2.24, 2.45) is 5.84 Å². The Balaban J connectivity index is 1.82. The zero-order valence-corrected chi connectivity index (χ0v) is 11.3. The van der Waals surface area contributed by atoms with Crippen LogP contribution in [-0.2, 0) is 11.5 Å². The van der Waals surface area contributed by atoms with E-state index in [1.165, 1.54) is 11.1 Å². The number of hydrogen-bond acceptors (Lipinski definition) is 4. The first-order valence-electron chi connectivity index (χ1n) is 5.51. The molecule has 0 saturated carbocycles. The highest BCUT2D eigenvalue weighted by Crippen LogP contribution is 2.19. The van der Waals surface area contributed by atoms with Crippen LogP contribution in [0.1, 0.15) is 11.1 Å². The Kier molecular flexibility index (Phi) is 4.87. The van der Waals surface area contributed by atoms with Crippen LogP contribution in [0, 0.1) is 0 Å². The molecule has 2 rings (SSSR count). The van der Waals surface area contributed by atoms with E-state index in [2.05, 4.69) is 22.5 Å². The lowest BCUT2D eigenvalue weighted by Crippen LogP contribution is -2.08. The van der Waals surface area contributed by atoms with Gasteiger partial charge >= 0.3 is 0 Å². The standard InChI is InChI=1S/C13H14ClN3S/c14-12-4-1-10(2-5-12)8-18-9-11-3-6-13(17-15)16-7-11/h1-7H,8-9,15H2,(H,16,17). The van der Waals surface area contributed by atoms with Gasteiger partial charge in [0.05, 0.1) is 0 Å². The molecule has 0 bridgehead atoms. The summed E-state index contributed by atoms with van der Waals surface area (Å²) in [7, 11) is 0. The number of aromatic nitrogens is 1. The Morgan fingerprint density at radius 1 is 1.06 bits per heavy atom. The number of rotatable bonds is 5. The van der Waals surface area contributed by atoms with Crippen molar-refractivity contribution in [2.45, 2.75) is 11.5 Å². The molecule has 0 aliphatic rings. The van der Waals surface area contributed by atoms with Gasteiger partial charge in [-0.15, -0.1) is 0 Å². The lowest BCUT2D eigenvalue weighted by atomic mass is 10.2. The normalized spacial score (nSPS) is 10.3. The summed E-state index contributed by atoms with van der Waals surface area (Å²) < 4.78 is 0. The van der Waals surface area contributed by atoms with Gasteiger partial charge in [-0.3, -0.25) is 0 Å². The topological polar surface area (TPSA) is 50.9 Å². The van der Waals surface area contributed by atoms with E-state index in [-0.39, 0.29) is 0 Å². The molecule has 2 aromatic rings. The van der Waals surface area contributed by atoms with Gasteiger partial charge in [0.2, 0.25) is 0 Å². The molecule has 1 aromatic carbocycles. The van der Waals surface area contributed by atoms with Gasteiger partial charge in [0.1, 0.15) is 5.82 Å². The molecule has 0 fully saturated rings. The highest BCUT2D eigenvalue weighted by Gasteiger charge is 1.97. The number of nitrogens with one attached hydrogen (secondary N) is 1. The molecule has 94 valence electrons. The number of pyridine rings is 1. The zero-order valence-electron chi connectivity index (χ0n) is 9.77. The van der Waals surface area contributed by atoms with Gasteiger partial charge in [0, 0.05) is 22.7 Å². The van der Waals surface area contributed by atoms with Crippen LogP contribution >= 0.6 is 23.4 Å². The number of hydrazine groups is 1. The van der Waals surface area contributed by atoms with Gasteiger partial charge in [0.15, 0.2) is 0 Å². The SMILES string of the molecule is NNc1ccc(CSCc2ccc(Cl)cc2)cn1. The molecule has 0 spiro atoms. The fraction of sp³-hybridized carbons (Fsp3) is 0.154. The maximum atomic E-state index is 5.84. The molecule has 0 amide bonds. The molecule has 0 unspecified atom stereocenters. The summed E-state index contributed by atoms with van der Waals surface area (Å²) in [4.78, 5) is 4.17. The Bertz CT molecular complexity index is 485. The van der Waals surface area contributed by atoms with Crippen molar-refractivity contribution in [3.05, 3.63) is 58.7 Å². The van der Waals surface area contributed by atoms with Crippen LogP contribution in [0.3, 0.4) is 0 Å². The summed E-state index contributed by atoms with van der Waals surface area (Å²) in [6.45, 7) is 0. The van der Waals surface area contributed by atoms with Crippen LogP contribution in [0.25, 0.3) is 0 Å². The Labute approximate surface area is 116 Å². The quantitative estimate of drug-likeness (QED) is 0.650. The van der Waals surface area contributed by atoms with Crippen LogP contribution in [0.2, 0.25) is 5.02 Å². The molecule has 3 N–H and O–H groups in total. The third kappa shape index (κ3) is 3.91. The maximum Gasteiger partial charge on any atom is 0.139 e. The smallest absolute Gasteiger partial charge is 0.139 e. The van der Waals surface area contributed by atoms with Crippen molar-refractivity contribution < 1.29 is 0 Å². The third-order valence-electron chi connectivity index (χ3n) is 2.42. The highest BCUT2D eigenvalue weighted by atomic mass is 35.5. The lowest BCUT2D eigenvalue weighted by Gasteiger charge is -2.04. The minimum Gasteiger partial charge on any atom is -0.308 e. The maximum absolute atomic E-state index is 5.84. The summed E-state index contributed by atoms with van der Waals surface area (Å²) >= 11 is 7.68. The van der Waals surface area contributed by atoms with Crippen LogP contribution in [0.5, 0.6) is 0 Å². The minimum absolute atomic E-state index is 0.682. The number of nitrogen functional groups attached to an aromatic ring is 1. The largest absolute Gasteiger partial charge is 0.308 e. The van der Waals surface area contributed by atoms with Crippen LogP contribution in [0.4, 0.5) is 5.82 Å². The summed E-state index contributed by atoms with van der Waals surface area (Å²) in [5, 5.41) is 0.776. The lowest BCUT2D eigenvalue weighted by molar-refractivity contribution is 1.19. The number of anilines is 1. The molecular weight excluding hydrogens is 266 g/mol. The van der Waals surface area contributed by atoms with E-state index in [4.69, 9.17) is 17.4 Å². The molecule has 18 heavy (non-hydrogen) atoms. The zero-order chi connectivity index (χ0) is 12.8. The van der Waals surface area contributed by atoms with E-state index in [0.717, 1.165) is 16.5 Å². The van der Waals surface area contributed by atoms with E-state index < -0.39 is 0 Å². The first-order chi connectivity index (χ1) is 8.78. The fourth-order valence-electron chi connectivity index (χ4n) is 1.46. The predicted molar refractivity (Wildman–Crippen MR) is 78.5 cm³/mol. The van der Waals surface area contributed by atoms with Crippen molar-refractivity contribution >= 4 is 29.2 Å². The molecule has 3 nitrogen and oxygen atoms in total. The number of nitrogens with two attached hydrogens (primary N) is 1. The number of halogens is 1. The van der Waals surface area contributed by atoms with Gasteiger partial charge in [-0.2, -0.15) is 11.8 Å². The minimum atomic E-state index is 0.682. The van der Waals surface area contributed by atoms with Crippen LogP contribution < -0.4 is 11.3 Å². The summed E-state index contributed by atoms with van der Waals surface area (Å²) in [5.41, 5.74) is 4.97. The van der Waals surface area contributed by atoms with Crippen molar-refractivity contribution in [2.75, 3.05) is 5.43 Å². The Hall–Kier alpha value is -1.23.